The fourth-order valence-corrected chi connectivity index (χ4v) is 0.815. The molecule has 0 aliphatic rings. The molecular formula is C7H5F2NO3. The van der Waals surface area contributed by atoms with Crippen molar-refractivity contribution in [2.24, 2.45) is 0 Å². The molecule has 2 N–H and O–H groups in total. The molecule has 0 radical (unpaired) electrons. The second-order valence-electron chi connectivity index (χ2n) is 2.24. The summed E-state index contributed by atoms with van der Waals surface area (Å²) < 4.78 is 24.3. The Balaban J connectivity index is 3.26. The van der Waals surface area contributed by atoms with Crippen LogP contribution in [0.2, 0.25) is 0 Å². The van der Waals surface area contributed by atoms with Crippen LogP contribution in [-0.4, -0.2) is 21.2 Å². The number of rotatable bonds is 2. The molecule has 0 fully saturated rings. The summed E-state index contributed by atoms with van der Waals surface area (Å²) in [6.07, 6.45) is -2.17. The lowest BCUT2D eigenvalue weighted by atomic mass is 10.2. The zero-order valence-electron chi connectivity index (χ0n) is 6.24. The van der Waals surface area contributed by atoms with E-state index in [1.807, 2.05) is 0 Å². The first-order chi connectivity index (χ1) is 6.02. The molecule has 1 aromatic rings. The van der Waals surface area contributed by atoms with E-state index in [0.717, 1.165) is 6.20 Å². The number of carbonyl (C=O) groups is 1. The lowest BCUT2D eigenvalue weighted by molar-refractivity contribution is 0.0677. The van der Waals surface area contributed by atoms with Gasteiger partial charge in [0.25, 0.3) is 6.43 Å². The van der Waals surface area contributed by atoms with Crippen molar-refractivity contribution in [2.75, 3.05) is 0 Å². The maximum atomic E-state index is 12.2. The molecular weight excluding hydrogens is 184 g/mol. The highest BCUT2D eigenvalue weighted by atomic mass is 19.3. The van der Waals surface area contributed by atoms with Gasteiger partial charge < -0.3 is 10.2 Å². The van der Waals surface area contributed by atoms with Crippen LogP contribution in [0, 0.1) is 0 Å². The molecule has 70 valence electrons. The predicted octanol–water partition coefficient (Wildman–Crippen LogP) is 1.42. The number of pyridine rings is 1. The Morgan fingerprint density at radius 3 is 2.62 bits per heavy atom. The Bertz CT molecular complexity index is 341. The van der Waals surface area contributed by atoms with E-state index in [0.29, 0.717) is 6.07 Å². The first-order valence-corrected chi connectivity index (χ1v) is 3.22. The van der Waals surface area contributed by atoms with Gasteiger partial charge in [0, 0.05) is 0 Å². The molecule has 0 amide bonds. The number of carboxylic acid groups (broad SMARTS) is 1. The minimum atomic E-state index is -2.97. The maximum Gasteiger partial charge on any atom is 0.354 e. The quantitative estimate of drug-likeness (QED) is 0.738. The van der Waals surface area contributed by atoms with Crippen molar-refractivity contribution in [1.82, 2.24) is 4.98 Å². The highest BCUT2D eigenvalue weighted by molar-refractivity contribution is 5.87. The van der Waals surface area contributed by atoms with E-state index >= 15 is 0 Å². The fraction of sp³-hybridized carbons (Fsp3) is 0.143. The summed E-state index contributed by atoms with van der Waals surface area (Å²) in [6, 6.07) is 0.682. The number of aromatic carboxylic acids is 1. The number of carboxylic acids is 1. The third kappa shape index (κ3) is 1.90. The van der Waals surface area contributed by atoms with Gasteiger partial charge in [0.05, 0.1) is 11.8 Å². The Morgan fingerprint density at radius 2 is 2.15 bits per heavy atom. The standard InChI is InChI=1S/C7H5F2NO3/c8-6(9)4-1-3(11)2-10-5(4)7(12)13/h1-2,6,11H,(H,12,13). The molecule has 0 saturated heterocycles. The molecule has 0 spiro atoms. The molecule has 0 aliphatic carbocycles. The number of hydrogen-bond acceptors (Lipinski definition) is 3. The van der Waals surface area contributed by atoms with Crippen LogP contribution in [0.5, 0.6) is 5.75 Å². The van der Waals surface area contributed by atoms with Gasteiger partial charge in [-0.25, -0.2) is 18.6 Å². The second kappa shape index (κ2) is 3.34. The van der Waals surface area contributed by atoms with Crippen molar-refractivity contribution in [2.45, 2.75) is 6.43 Å². The van der Waals surface area contributed by atoms with E-state index in [2.05, 4.69) is 4.98 Å². The van der Waals surface area contributed by atoms with Gasteiger partial charge in [-0.1, -0.05) is 0 Å². The molecule has 0 saturated carbocycles. The van der Waals surface area contributed by atoms with E-state index in [-0.39, 0.29) is 0 Å². The molecule has 1 rings (SSSR count). The summed E-state index contributed by atoms with van der Waals surface area (Å²) in [5.74, 6) is -2.03. The zero-order chi connectivity index (χ0) is 10.0. The van der Waals surface area contributed by atoms with Crippen LogP contribution >= 0.6 is 0 Å². The SMILES string of the molecule is O=C(O)c1ncc(O)cc1C(F)F. The van der Waals surface area contributed by atoms with Crippen molar-refractivity contribution < 1.29 is 23.8 Å². The van der Waals surface area contributed by atoms with Gasteiger partial charge in [-0.3, -0.25) is 0 Å². The van der Waals surface area contributed by atoms with E-state index in [9.17, 15) is 13.6 Å². The summed E-state index contributed by atoms with van der Waals surface area (Å²) in [5, 5.41) is 17.2. The van der Waals surface area contributed by atoms with Crippen LogP contribution in [0.1, 0.15) is 22.5 Å². The number of hydrogen-bond donors (Lipinski definition) is 2. The maximum absolute atomic E-state index is 12.2. The van der Waals surface area contributed by atoms with Gasteiger partial charge in [0.1, 0.15) is 5.75 Å². The topological polar surface area (TPSA) is 70.4 Å². The Hall–Kier alpha value is -1.72. The number of aromatic nitrogens is 1. The molecule has 0 atom stereocenters. The average molecular weight is 189 g/mol. The third-order valence-electron chi connectivity index (χ3n) is 1.34. The van der Waals surface area contributed by atoms with Crippen LogP contribution in [0.4, 0.5) is 8.78 Å². The molecule has 0 aromatic carbocycles. The first kappa shape index (κ1) is 9.37. The van der Waals surface area contributed by atoms with Crippen molar-refractivity contribution >= 4 is 5.97 Å². The van der Waals surface area contributed by atoms with Gasteiger partial charge in [0.15, 0.2) is 5.69 Å². The lowest BCUT2D eigenvalue weighted by Crippen LogP contribution is -2.05. The van der Waals surface area contributed by atoms with E-state index < -0.39 is 29.4 Å². The molecule has 6 heteroatoms. The monoisotopic (exact) mass is 189 g/mol. The highest BCUT2D eigenvalue weighted by Gasteiger charge is 2.19. The zero-order valence-corrected chi connectivity index (χ0v) is 6.24. The summed E-state index contributed by atoms with van der Waals surface area (Å²) >= 11 is 0. The van der Waals surface area contributed by atoms with Crippen molar-refractivity contribution in [3.05, 3.63) is 23.5 Å². The van der Waals surface area contributed by atoms with Crippen LogP contribution in [-0.2, 0) is 0 Å². The second-order valence-corrected chi connectivity index (χ2v) is 2.24. The minimum Gasteiger partial charge on any atom is -0.506 e. The molecule has 0 aliphatic heterocycles. The number of nitrogens with zero attached hydrogens (tertiary/aromatic N) is 1. The number of alkyl halides is 2. The summed E-state index contributed by atoms with van der Waals surface area (Å²) in [6.45, 7) is 0. The average Bonchev–Trinajstić information content (AvgIpc) is 2.03. The molecule has 1 heterocycles. The third-order valence-corrected chi connectivity index (χ3v) is 1.34. The van der Waals surface area contributed by atoms with Crippen molar-refractivity contribution in [3.63, 3.8) is 0 Å². The van der Waals surface area contributed by atoms with Gasteiger partial charge >= 0.3 is 5.97 Å². The van der Waals surface area contributed by atoms with Gasteiger partial charge in [0.2, 0.25) is 0 Å². The van der Waals surface area contributed by atoms with Crippen LogP contribution in [0.3, 0.4) is 0 Å². The molecule has 1 aromatic heterocycles. The number of aromatic hydroxyl groups is 1. The van der Waals surface area contributed by atoms with Crippen LogP contribution in [0.15, 0.2) is 12.3 Å². The molecule has 13 heavy (non-hydrogen) atoms. The van der Waals surface area contributed by atoms with Crippen molar-refractivity contribution in [3.8, 4) is 5.75 Å². The normalized spacial score (nSPS) is 10.4. The highest BCUT2D eigenvalue weighted by Crippen LogP contribution is 2.24. The van der Waals surface area contributed by atoms with Gasteiger partial charge in [-0.2, -0.15) is 0 Å². The van der Waals surface area contributed by atoms with Crippen LogP contribution in [0.25, 0.3) is 0 Å². The first-order valence-electron chi connectivity index (χ1n) is 3.22. The van der Waals surface area contributed by atoms with Gasteiger partial charge in [-0.05, 0) is 6.07 Å². The van der Waals surface area contributed by atoms with Gasteiger partial charge in [-0.15, -0.1) is 0 Å². The summed E-state index contributed by atoms with van der Waals surface area (Å²) in [5.41, 5.74) is -1.53. The Kier molecular flexibility index (Phi) is 2.41. The molecule has 4 nitrogen and oxygen atoms in total. The van der Waals surface area contributed by atoms with Crippen molar-refractivity contribution in [1.29, 1.82) is 0 Å². The fourth-order valence-electron chi connectivity index (χ4n) is 0.815. The number of halogens is 2. The van der Waals surface area contributed by atoms with E-state index in [1.165, 1.54) is 0 Å². The Morgan fingerprint density at radius 1 is 1.54 bits per heavy atom. The summed E-state index contributed by atoms with van der Waals surface area (Å²) in [7, 11) is 0. The van der Waals surface area contributed by atoms with E-state index in [1.54, 1.807) is 0 Å². The molecule has 0 bridgehead atoms. The van der Waals surface area contributed by atoms with Crippen LogP contribution < -0.4 is 0 Å². The lowest BCUT2D eigenvalue weighted by Gasteiger charge is -2.03. The smallest absolute Gasteiger partial charge is 0.354 e. The largest absolute Gasteiger partial charge is 0.506 e. The van der Waals surface area contributed by atoms with E-state index in [4.69, 9.17) is 10.2 Å². The summed E-state index contributed by atoms with van der Waals surface area (Å²) in [4.78, 5) is 13.5. The Labute approximate surface area is 71.5 Å². The molecule has 0 unspecified atom stereocenters. The minimum absolute atomic E-state index is 0.486. The predicted molar refractivity (Wildman–Crippen MR) is 37.8 cm³/mol.